The van der Waals surface area contributed by atoms with Crippen LogP contribution in [0.15, 0.2) is 52.1 Å². The van der Waals surface area contributed by atoms with Gasteiger partial charge >= 0.3 is 0 Å². The van der Waals surface area contributed by atoms with E-state index in [1.54, 1.807) is 13.3 Å². The fourth-order valence-electron chi connectivity index (χ4n) is 2.13. The molecule has 0 atom stereocenters. The number of hydrogen-bond acceptors (Lipinski definition) is 2. The highest BCUT2D eigenvalue weighted by atomic mass is 35.5. The highest BCUT2D eigenvalue weighted by Crippen LogP contribution is 2.10. The zero-order chi connectivity index (χ0) is 15.6. The van der Waals surface area contributed by atoms with E-state index in [2.05, 4.69) is 27.8 Å². The Morgan fingerprint density at radius 1 is 1.09 bits per heavy atom. The number of halogens is 1. The summed E-state index contributed by atoms with van der Waals surface area (Å²) in [5.41, 5.74) is 1.30. The van der Waals surface area contributed by atoms with Gasteiger partial charge in [0.1, 0.15) is 5.76 Å². The topological polar surface area (TPSA) is 49.6 Å². The third kappa shape index (κ3) is 5.82. The van der Waals surface area contributed by atoms with E-state index in [0.29, 0.717) is 0 Å². The molecule has 0 saturated carbocycles. The van der Waals surface area contributed by atoms with Crippen molar-refractivity contribution in [1.29, 1.82) is 0 Å². The number of hydrogen-bond donors (Lipinski definition) is 2. The van der Waals surface area contributed by atoms with Crippen LogP contribution in [-0.2, 0) is 12.8 Å². The van der Waals surface area contributed by atoms with Gasteiger partial charge in [0.15, 0.2) is 5.96 Å². The predicted octanol–water partition coefficient (Wildman–Crippen LogP) is 3.27. The first-order chi connectivity index (χ1) is 10.8. The summed E-state index contributed by atoms with van der Waals surface area (Å²) in [5.74, 6) is 1.80. The van der Waals surface area contributed by atoms with Gasteiger partial charge in [-0.1, -0.05) is 23.7 Å². The minimum absolute atomic E-state index is 0.781. The summed E-state index contributed by atoms with van der Waals surface area (Å²) in [5, 5.41) is 7.37. The van der Waals surface area contributed by atoms with Crippen molar-refractivity contribution in [3.05, 3.63) is 59.0 Å². The molecule has 118 valence electrons. The minimum atomic E-state index is 0.781. The SMILES string of the molecule is CN=C(NCCCc1ccc(Cl)cc1)NCCc1ccco1. The number of nitrogens with one attached hydrogen (secondary N) is 2. The van der Waals surface area contributed by atoms with Crippen molar-refractivity contribution in [1.82, 2.24) is 10.6 Å². The lowest BCUT2D eigenvalue weighted by Crippen LogP contribution is -2.38. The van der Waals surface area contributed by atoms with Gasteiger partial charge in [-0.25, -0.2) is 0 Å². The number of guanidine groups is 1. The van der Waals surface area contributed by atoms with E-state index in [9.17, 15) is 0 Å². The van der Waals surface area contributed by atoms with Gasteiger partial charge in [-0.05, 0) is 42.7 Å². The first-order valence-corrected chi connectivity index (χ1v) is 7.87. The highest BCUT2D eigenvalue weighted by Gasteiger charge is 1.99. The summed E-state index contributed by atoms with van der Waals surface area (Å²) in [6.45, 7) is 1.67. The van der Waals surface area contributed by atoms with Gasteiger partial charge in [-0.2, -0.15) is 0 Å². The van der Waals surface area contributed by atoms with Crippen LogP contribution in [0, 0.1) is 0 Å². The van der Waals surface area contributed by atoms with Crippen LogP contribution < -0.4 is 10.6 Å². The van der Waals surface area contributed by atoms with Crippen molar-refractivity contribution in [2.75, 3.05) is 20.1 Å². The molecular formula is C17H22ClN3O. The maximum absolute atomic E-state index is 5.88. The quantitative estimate of drug-likeness (QED) is 0.468. The fraction of sp³-hybridized carbons (Fsp3) is 0.353. The predicted molar refractivity (Wildman–Crippen MR) is 91.5 cm³/mol. The third-order valence-electron chi connectivity index (χ3n) is 3.32. The van der Waals surface area contributed by atoms with Gasteiger partial charge in [0.2, 0.25) is 0 Å². The molecule has 2 N–H and O–H groups in total. The van der Waals surface area contributed by atoms with Crippen LogP contribution in [0.25, 0.3) is 0 Å². The van der Waals surface area contributed by atoms with E-state index in [1.807, 2.05) is 24.3 Å². The van der Waals surface area contributed by atoms with Crippen LogP contribution in [0.2, 0.25) is 5.02 Å². The van der Waals surface area contributed by atoms with Crippen molar-refractivity contribution in [3.63, 3.8) is 0 Å². The molecule has 0 aliphatic carbocycles. The van der Waals surface area contributed by atoms with Crippen molar-refractivity contribution >= 4 is 17.6 Å². The Bertz CT molecular complexity index is 564. The molecule has 0 amide bonds. The van der Waals surface area contributed by atoms with Crippen molar-refractivity contribution in [2.45, 2.75) is 19.3 Å². The zero-order valence-electron chi connectivity index (χ0n) is 12.8. The van der Waals surface area contributed by atoms with E-state index < -0.39 is 0 Å². The summed E-state index contributed by atoms with van der Waals surface area (Å²) in [6.07, 6.45) is 4.60. The van der Waals surface area contributed by atoms with Gasteiger partial charge < -0.3 is 15.1 Å². The number of benzene rings is 1. The number of rotatable bonds is 7. The Morgan fingerprint density at radius 2 is 1.86 bits per heavy atom. The number of furan rings is 1. The van der Waals surface area contributed by atoms with Crippen LogP contribution in [0.3, 0.4) is 0 Å². The highest BCUT2D eigenvalue weighted by molar-refractivity contribution is 6.30. The summed E-state index contributed by atoms with van der Waals surface area (Å²) >= 11 is 5.88. The lowest BCUT2D eigenvalue weighted by atomic mass is 10.1. The second-order valence-electron chi connectivity index (χ2n) is 4.99. The van der Waals surface area contributed by atoms with Crippen molar-refractivity contribution in [2.24, 2.45) is 4.99 Å². The first kappa shape index (κ1) is 16.4. The van der Waals surface area contributed by atoms with Crippen LogP contribution in [0.5, 0.6) is 0 Å². The average Bonchev–Trinajstić information content (AvgIpc) is 3.04. The summed E-state index contributed by atoms with van der Waals surface area (Å²) < 4.78 is 5.30. The molecule has 0 radical (unpaired) electrons. The smallest absolute Gasteiger partial charge is 0.190 e. The lowest BCUT2D eigenvalue weighted by molar-refractivity contribution is 0.506. The summed E-state index contributed by atoms with van der Waals surface area (Å²) in [4.78, 5) is 4.21. The zero-order valence-corrected chi connectivity index (χ0v) is 13.6. The molecule has 0 fully saturated rings. The molecule has 0 unspecified atom stereocenters. The maximum atomic E-state index is 5.88. The maximum Gasteiger partial charge on any atom is 0.190 e. The van der Waals surface area contributed by atoms with Crippen LogP contribution in [0.4, 0.5) is 0 Å². The van der Waals surface area contributed by atoms with Crippen LogP contribution in [-0.4, -0.2) is 26.1 Å². The molecule has 4 nitrogen and oxygen atoms in total. The minimum Gasteiger partial charge on any atom is -0.469 e. The lowest BCUT2D eigenvalue weighted by Gasteiger charge is -2.11. The second kappa shape index (κ2) is 9.15. The van der Waals surface area contributed by atoms with Crippen LogP contribution in [0.1, 0.15) is 17.7 Å². The number of nitrogens with zero attached hydrogens (tertiary/aromatic N) is 1. The Kier molecular flexibility index (Phi) is 6.84. The van der Waals surface area contributed by atoms with E-state index in [1.165, 1.54) is 5.56 Å². The number of aryl methyl sites for hydroxylation is 1. The molecule has 0 saturated heterocycles. The van der Waals surface area contributed by atoms with E-state index >= 15 is 0 Å². The van der Waals surface area contributed by atoms with Crippen molar-refractivity contribution in [3.8, 4) is 0 Å². The van der Waals surface area contributed by atoms with Gasteiger partial charge in [0.25, 0.3) is 0 Å². The largest absolute Gasteiger partial charge is 0.469 e. The second-order valence-corrected chi connectivity index (χ2v) is 5.42. The fourth-order valence-corrected chi connectivity index (χ4v) is 2.26. The molecule has 0 aliphatic heterocycles. The molecular weight excluding hydrogens is 298 g/mol. The van der Waals surface area contributed by atoms with E-state index in [0.717, 1.165) is 49.1 Å². The Labute approximate surface area is 136 Å². The first-order valence-electron chi connectivity index (χ1n) is 7.49. The molecule has 2 aromatic rings. The Balaban J connectivity index is 1.60. The molecule has 0 spiro atoms. The molecule has 0 aliphatic rings. The molecule has 22 heavy (non-hydrogen) atoms. The summed E-state index contributed by atoms with van der Waals surface area (Å²) in [6, 6.07) is 11.9. The molecule has 0 bridgehead atoms. The van der Waals surface area contributed by atoms with Gasteiger partial charge in [0.05, 0.1) is 6.26 Å². The molecule has 5 heteroatoms. The third-order valence-corrected chi connectivity index (χ3v) is 3.57. The average molecular weight is 320 g/mol. The van der Waals surface area contributed by atoms with Crippen molar-refractivity contribution < 1.29 is 4.42 Å². The van der Waals surface area contributed by atoms with E-state index in [-0.39, 0.29) is 0 Å². The normalized spacial score (nSPS) is 11.5. The standard InChI is InChI=1S/C17H22ClN3O/c1-19-17(21-12-10-16-5-3-13-22-16)20-11-2-4-14-6-8-15(18)9-7-14/h3,5-9,13H,2,4,10-12H2,1H3,(H2,19,20,21). The molecule has 1 aromatic heterocycles. The number of aliphatic imine (C=N–C) groups is 1. The molecule has 1 heterocycles. The van der Waals surface area contributed by atoms with Gasteiger partial charge in [-0.15, -0.1) is 0 Å². The molecule has 2 rings (SSSR count). The molecule has 1 aromatic carbocycles. The Hall–Kier alpha value is -1.94. The Morgan fingerprint density at radius 3 is 2.55 bits per heavy atom. The van der Waals surface area contributed by atoms with Crippen LogP contribution >= 0.6 is 11.6 Å². The van der Waals surface area contributed by atoms with E-state index in [4.69, 9.17) is 16.0 Å². The van der Waals surface area contributed by atoms with Gasteiger partial charge in [-0.3, -0.25) is 4.99 Å². The summed E-state index contributed by atoms with van der Waals surface area (Å²) in [7, 11) is 1.78. The van der Waals surface area contributed by atoms with Gasteiger partial charge in [0, 0.05) is 31.6 Å². The monoisotopic (exact) mass is 319 g/mol.